The molecule has 1 aromatic heterocycles. The largest absolute Gasteiger partial charge is 0.316 e. The van der Waals surface area contributed by atoms with Crippen LogP contribution in [-0.4, -0.2) is 10.5 Å². The quantitative estimate of drug-likeness (QED) is 0.608. The van der Waals surface area contributed by atoms with Gasteiger partial charge in [-0.2, -0.15) is 4.99 Å². The Labute approximate surface area is 152 Å². The lowest BCUT2D eigenvalue weighted by Crippen LogP contribution is -2.16. The second-order valence-corrected chi connectivity index (χ2v) is 6.90. The summed E-state index contributed by atoms with van der Waals surface area (Å²) in [6.07, 6.45) is 5.35. The van der Waals surface area contributed by atoms with Crippen molar-refractivity contribution in [3.63, 3.8) is 0 Å². The third-order valence-electron chi connectivity index (χ3n) is 4.03. The van der Waals surface area contributed by atoms with Crippen LogP contribution in [0.25, 0.3) is 16.3 Å². The van der Waals surface area contributed by atoms with E-state index in [1.807, 2.05) is 30.3 Å². The van der Waals surface area contributed by atoms with Crippen LogP contribution in [0.1, 0.15) is 31.4 Å². The molecule has 2 aromatic carbocycles. The fourth-order valence-corrected chi connectivity index (χ4v) is 3.85. The van der Waals surface area contributed by atoms with E-state index in [0.717, 1.165) is 35.3 Å². The number of nitrogens with zero attached hydrogens (tertiary/aromatic N) is 2. The van der Waals surface area contributed by atoms with E-state index in [1.54, 1.807) is 17.4 Å². The lowest BCUT2D eigenvalue weighted by molar-refractivity contribution is -0.113. The number of thiazole rings is 1. The second kappa shape index (κ2) is 8.08. The zero-order chi connectivity index (χ0) is 17.6. The predicted octanol–water partition coefficient (Wildman–Crippen LogP) is 4.82. The monoisotopic (exact) mass is 350 g/mol. The zero-order valence-electron chi connectivity index (χ0n) is 14.6. The van der Waals surface area contributed by atoms with E-state index < -0.39 is 0 Å². The normalized spacial score (nSPS) is 12.3. The Hall–Kier alpha value is -2.46. The topological polar surface area (TPSA) is 34.4 Å². The maximum Gasteiger partial charge on any atom is 0.272 e. The van der Waals surface area contributed by atoms with Crippen molar-refractivity contribution in [3.05, 3.63) is 70.5 Å². The van der Waals surface area contributed by atoms with Gasteiger partial charge in [0.2, 0.25) is 0 Å². The molecule has 0 bridgehead atoms. The van der Waals surface area contributed by atoms with Crippen molar-refractivity contribution in [2.45, 2.75) is 33.2 Å². The average Bonchev–Trinajstić information content (AvgIpc) is 2.97. The van der Waals surface area contributed by atoms with E-state index in [4.69, 9.17) is 0 Å². The predicted molar refractivity (Wildman–Crippen MR) is 106 cm³/mol. The molecule has 0 aliphatic heterocycles. The Morgan fingerprint density at radius 1 is 1.16 bits per heavy atom. The van der Waals surface area contributed by atoms with Crippen molar-refractivity contribution in [2.75, 3.05) is 0 Å². The SMILES string of the molecule is CCCn1c(=NC(=O)/C=C/c2ccccc2)sc2cc(CC)ccc21. The molecule has 0 radical (unpaired) electrons. The molecule has 0 aliphatic rings. The minimum atomic E-state index is -0.226. The highest BCUT2D eigenvalue weighted by atomic mass is 32.1. The number of aryl methyl sites for hydroxylation is 2. The third kappa shape index (κ3) is 4.15. The summed E-state index contributed by atoms with van der Waals surface area (Å²) in [7, 11) is 0. The first kappa shape index (κ1) is 17.4. The molecule has 1 heterocycles. The van der Waals surface area contributed by atoms with E-state index in [1.165, 1.54) is 16.3 Å². The van der Waals surface area contributed by atoms with Crippen LogP contribution in [0.5, 0.6) is 0 Å². The minimum absolute atomic E-state index is 0.226. The van der Waals surface area contributed by atoms with Gasteiger partial charge >= 0.3 is 0 Å². The summed E-state index contributed by atoms with van der Waals surface area (Å²) in [5, 5.41) is 0. The van der Waals surface area contributed by atoms with Crippen molar-refractivity contribution < 1.29 is 4.79 Å². The third-order valence-corrected chi connectivity index (χ3v) is 5.07. The van der Waals surface area contributed by atoms with Crippen LogP contribution in [0, 0.1) is 0 Å². The molecule has 3 nitrogen and oxygen atoms in total. The highest BCUT2D eigenvalue weighted by Crippen LogP contribution is 2.20. The van der Waals surface area contributed by atoms with Gasteiger partial charge in [0.25, 0.3) is 5.91 Å². The molecule has 128 valence electrons. The average molecular weight is 350 g/mol. The summed E-state index contributed by atoms with van der Waals surface area (Å²) >= 11 is 1.58. The molecule has 0 fully saturated rings. The maximum absolute atomic E-state index is 12.3. The summed E-state index contributed by atoms with van der Waals surface area (Å²) < 4.78 is 3.33. The first-order chi connectivity index (χ1) is 12.2. The van der Waals surface area contributed by atoms with Crippen LogP contribution >= 0.6 is 11.3 Å². The Morgan fingerprint density at radius 2 is 1.96 bits per heavy atom. The highest BCUT2D eigenvalue weighted by molar-refractivity contribution is 7.16. The second-order valence-electron chi connectivity index (χ2n) is 5.89. The zero-order valence-corrected chi connectivity index (χ0v) is 15.4. The number of carbonyl (C=O) groups is 1. The number of rotatable bonds is 5. The molecule has 0 unspecified atom stereocenters. The molecule has 3 rings (SSSR count). The number of carbonyl (C=O) groups excluding carboxylic acids is 1. The lowest BCUT2D eigenvalue weighted by Gasteiger charge is -2.03. The van der Waals surface area contributed by atoms with Gasteiger partial charge in [0, 0.05) is 12.6 Å². The van der Waals surface area contributed by atoms with Crippen LogP contribution in [0.15, 0.2) is 59.6 Å². The smallest absolute Gasteiger partial charge is 0.272 e. The summed E-state index contributed by atoms with van der Waals surface area (Å²) in [5.74, 6) is -0.226. The van der Waals surface area contributed by atoms with Gasteiger partial charge in [-0.1, -0.05) is 61.6 Å². The van der Waals surface area contributed by atoms with Crippen molar-refractivity contribution in [1.82, 2.24) is 4.57 Å². The molecular weight excluding hydrogens is 328 g/mol. The number of fused-ring (bicyclic) bond motifs is 1. The molecule has 25 heavy (non-hydrogen) atoms. The van der Waals surface area contributed by atoms with E-state index >= 15 is 0 Å². The minimum Gasteiger partial charge on any atom is -0.316 e. The molecular formula is C21H22N2OS. The number of hydrogen-bond acceptors (Lipinski definition) is 2. The van der Waals surface area contributed by atoms with E-state index in [9.17, 15) is 4.79 Å². The van der Waals surface area contributed by atoms with Gasteiger partial charge in [-0.15, -0.1) is 0 Å². The Balaban J connectivity index is 1.98. The van der Waals surface area contributed by atoms with Crippen molar-refractivity contribution in [2.24, 2.45) is 4.99 Å². The number of aromatic nitrogens is 1. The lowest BCUT2D eigenvalue weighted by atomic mass is 10.2. The van der Waals surface area contributed by atoms with E-state index in [-0.39, 0.29) is 5.91 Å². The molecule has 0 saturated carbocycles. The number of hydrogen-bond donors (Lipinski definition) is 0. The van der Waals surface area contributed by atoms with Crippen molar-refractivity contribution in [1.29, 1.82) is 0 Å². The Morgan fingerprint density at radius 3 is 2.68 bits per heavy atom. The molecule has 4 heteroatoms. The first-order valence-corrected chi connectivity index (χ1v) is 9.47. The van der Waals surface area contributed by atoms with Gasteiger partial charge < -0.3 is 4.57 Å². The molecule has 0 aliphatic carbocycles. The summed E-state index contributed by atoms with van der Waals surface area (Å²) in [5.41, 5.74) is 3.46. The van der Waals surface area contributed by atoms with Gasteiger partial charge in [0.15, 0.2) is 4.80 Å². The number of amides is 1. The molecule has 0 spiro atoms. The van der Waals surface area contributed by atoms with Crippen LogP contribution in [0.4, 0.5) is 0 Å². The molecule has 1 amide bonds. The van der Waals surface area contributed by atoms with Crippen LogP contribution in [-0.2, 0) is 17.8 Å². The number of benzene rings is 2. The Kier molecular flexibility index (Phi) is 5.61. The van der Waals surface area contributed by atoms with Gasteiger partial charge in [-0.05, 0) is 42.2 Å². The molecule has 3 aromatic rings. The van der Waals surface area contributed by atoms with E-state index in [2.05, 4.69) is 41.6 Å². The van der Waals surface area contributed by atoms with Gasteiger partial charge in [0.05, 0.1) is 10.2 Å². The fourth-order valence-electron chi connectivity index (χ4n) is 2.73. The first-order valence-electron chi connectivity index (χ1n) is 8.65. The van der Waals surface area contributed by atoms with Gasteiger partial charge in [-0.25, -0.2) is 0 Å². The van der Waals surface area contributed by atoms with Gasteiger partial charge in [-0.3, -0.25) is 4.79 Å². The summed E-state index contributed by atoms with van der Waals surface area (Å²) in [6.45, 7) is 5.15. The maximum atomic E-state index is 12.3. The Bertz CT molecular complexity index is 964. The highest BCUT2D eigenvalue weighted by Gasteiger charge is 2.07. The fraction of sp³-hybridized carbons (Fsp3) is 0.238. The van der Waals surface area contributed by atoms with Crippen molar-refractivity contribution in [3.8, 4) is 0 Å². The standard InChI is InChI=1S/C21H22N2OS/c1-3-14-23-18-12-10-16(4-2)15-19(18)25-21(23)22-20(24)13-11-17-8-6-5-7-9-17/h5-13,15H,3-4,14H2,1-2H3/b13-11+,22-21?. The molecule has 0 atom stereocenters. The van der Waals surface area contributed by atoms with Crippen LogP contribution < -0.4 is 4.80 Å². The molecule has 0 N–H and O–H groups in total. The van der Waals surface area contributed by atoms with Crippen LogP contribution in [0.2, 0.25) is 0 Å². The summed E-state index contributed by atoms with van der Waals surface area (Å²) in [4.78, 5) is 17.4. The van der Waals surface area contributed by atoms with Gasteiger partial charge in [0.1, 0.15) is 0 Å². The van der Waals surface area contributed by atoms with Crippen molar-refractivity contribution >= 4 is 33.5 Å². The van der Waals surface area contributed by atoms with Crippen LogP contribution in [0.3, 0.4) is 0 Å². The molecule has 0 saturated heterocycles. The van der Waals surface area contributed by atoms with E-state index in [0.29, 0.717) is 0 Å². The summed E-state index contributed by atoms with van der Waals surface area (Å²) in [6, 6.07) is 16.3.